The lowest BCUT2D eigenvalue weighted by Crippen LogP contribution is -2.45. The van der Waals surface area contributed by atoms with Gasteiger partial charge in [-0.1, -0.05) is 41.9 Å². The van der Waals surface area contributed by atoms with Gasteiger partial charge in [0.15, 0.2) is 0 Å². The Morgan fingerprint density at radius 2 is 1.96 bits per heavy atom. The quantitative estimate of drug-likeness (QED) is 0.741. The van der Waals surface area contributed by atoms with E-state index in [0.717, 1.165) is 34.9 Å². The van der Waals surface area contributed by atoms with Crippen LogP contribution in [0.3, 0.4) is 0 Å². The highest BCUT2D eigenvalue weighted by molar-refractivity contribution is 6.31. The lowest BCUT2D eigenvalue weighted by molar-refractivity contribution is -0.124. The number of carbonyl (C=O) groups excluding carboxylic acids is 1. The maximum absolute atomic E-state index is 12.4. The highest BCUT2D eigenvalue weighted by Crippen LogP contribution is 2.41. The number of nitrogens with two attached hydrogens (primary N) is 1. The first-order valence-corrected chi connectivity index (χ1v) is 8.12. The van der Waals surface area contributed by atoms with Crippen molar-refractivity contribution in [3.8, 4) is 0 Å². The second kappa shape index (κ2) is 5.14. The first kappa shape index (κ1) is 14.3. The number of aromatic amines is 1. The Labute approximate surface area is 139 Å². The molecule has 0 radical (unpaired) electrons. The minimum Gasteiger partial charge on any atom is -0.369 e. The molecule has 3 aromatic rings. The number of nitrogens with one attached hydrogen (secondary N) is 1. The van der Waals surface area contributed by atoms with Gasteiger partial charge in [0.2, 0.25) is 5.91 Å². The van der Waals surface area contributed by atoms with E-state index in [1.54, 1.807) is 0 Å². The van der Waals surface area contributed by atoms with Gasteiger partial charge in [-0.25, -0.2) is 0 Å². The fourth-order valence-electron chi connectivity index (χ4n) is 3.78. The van der Waals surface area contributed by atoms with Gasteiger partial charge in [0, 0.05) is 21.6 Å². The highest BCUT2D eigenvalue weighted by atomic mass is 35.5. The maximum Gasteiger partial charge on any atom is 0.228 e. The number of amides is 1. The molecule has 3 N–H and O–H groups in total. The number of rotatable bonds is 2. The molecule has 3 nitrogen and oxygen atoms in total. The van der Waals surface area contributed by atoms with Crippen LogP contribution in [0.25, 0.3) is 10.9 Å². The van der Waals surface area contributed by atoms with Crippen molar-refractivity contribution in [1.29, 1.82) is 0 Å². The van der Waals surface area contributed by atoms with Crippen molar-refractivity contribution in [2.45, 2.75) is 24.7 Å². The van der Waals surface area contributed by atoms with Crippen molar-refractivity contribution < 1.29 is 4.79 Å². The lowest BCUT2D eigenvalue weighted by atomic mass is 9.68. The minimum absolute atomic E-state index is 0.259. The van der Waals surface area contributed by atoms with Crippen LogP contribution in [0.2, 0.25) is 5.02 Å². The third-order valence-corrected chi connectivity index (χ3v) is 5.27. The molecule has 0 saturated carbocycles. The van der Waals surface area contributed by atoms with E-state index in [1.165, 1.54) is 5.69 Å². The summed E-state index contributed by atoms with van der Waals surface area (Å²) in [7, 11) is 0. The largest absolute Gasteiger partial charge is 0.369 e. The number of carbonyl (C=O) groups is 1. The molecule has 116 valence electrons. The molecule has 1 aliphatic carbocycles. The molecule has 2 aromatic carbocycles. The SMILES string of the molecule is NC(=O)C1(c2ccccc2)CCc2[nH]c3ccc(Cl)cc3c2C1. The van der Waals surface area contributed by atoms with Gasteiger partial charge in [0.25, 0.3) is 0 Å². The Balaban J connectivity index is 1.90. The molecule has 1 aromatic heterocycles. The molecule has 0 bridgehead atoms. The van der Waals surface area contributed by atoms with Gasteiger partial charge in [0.05, 0.1) is 5.41 Å². The van der Waals surface area contributed by atoms with Gasteiger partial charge >= 0.3 is 0 Å². The Morgan fingerprint density at radius 1 is 1.17 bits per heavy atom. The summed E-state index contributed by atoms with van der Waals surface area (Å²) in [6.45, 7) is 0. The van der Waals surface area contributed by atoms with E-state index in [2.05, 4.69) is 4.98 Å². The van der Waals surface area contributed by atoms with Crippen LogP contribution in [0, 0.1) is 0 Å². The Morgan fingerprint density at radius 3 is 2.70 bits per heavy atom. The average Bonchev–Trinajstić information content (AvgIpc) is 2.92. The monoisotopic (exact) mass is 324 g/mol. The molecule has 4 heteroatoms. The smallest absolute Gasteiger partial charge is 0.228 e. The van der Waals surface area contributed by atoms with E-state index in [4.69, 9.17) is 17.3 Å². The van der Waals surface area contributed by atoms with E-state index in [-0.39, 0.29) is 5.91 Å². The zero-order valence-electron chi connectivity index (χ0n) is 12.6. The van der Waals surface area contributed by atoms with Gasteiger partial charge in [0.1, 0.15) is 0 Å². The van der Waals surface area contributed by atoms with E-state index >= 15 is 0 Å². The molecule has 4 rings (SSSR count). The van der Waals surface area contributed by atoms with Crippen molar-refractivity contribution in [3.63, 3.8) is 0 Å². The van der Waals surface area contributed by atoms with Crippen molar-refractivity contribution >= 4 is 28.4 Å². The Kier molecular flexibility index (Phi) is 3.20. The van der Waals surface area contributed by atoms with Gasteiger partial charge in [-0.3, -0.25) is 4.79 Å². The summed E-state index contributed by atoms with van der Waals surface area (Å²) in [5.74, 6) is -0.259. The molecule has 0 aliphatic heterocycles. The van der Waals surface area contributed by atoms with E-state index in [9.17, 15) is 4.79 Å². The predicted molar refractivity (Wildman–Crippen MR) is 92.6 cm³/mol. The summed E-state index contributed by atoms with van der Waals surface area (Å²) >= 11 is 6.16. The maximum atomic E-state index is 12.4. The number of halogens is 1. The van der Waals surface area contributed by atoms with E-state index < -0.39 is 5.41 Å². The Hall–Kier alpha value is -2.26. The summed E-state index contributed by atoms with van der Waals surface area (Å²) in [5.41, 5.74) is 9.62. The molecule has 0 spiro atoms. The number of aryl methyl sites for hydroxylation is 1. The van der Waals surface area contributed by atoms with Crippen LogP contribution in [0.15, 0.2) is 48.5 Å². The van der Waals surface area contributed by atoms with Gasteiger partial charge < -0.3 is 10.7 Å². The van der Waals surface area contributed by atoms with Crippen LogP contribution >= 0.6 is 11.6 Å². The van der Waals surface area contributed by atoms with Gasteiger partial charge in [-0.05, 0) is 48.6 Å². The molecule has 23 heavy (non-hydrogen) atoms. The summed E-state index contributed by atoms with van der Waals surface area (Å²) in [6, 6.07) is 15.7. The zero-order chi connectivity index (χ0) is 16.0. The summed E-state index contributed by atoms with van der Waals surface area (Å²) < 4.78 is 0. The minimum atomic E-state index is -0.647. The van der Waals surface area contributed by atoms with Crippen LogP contribution in [-0.4, -0.2) is 10.9 Å². The number of hydrogen-bond acceptors (Lipinski definition) is 1. The molecule has 1 atom stereocenters. The van der Waals surface area contributed by atoms with Crippen molar-refractivity contribution in [1.82, 2.24) is 4.98 Å². The van der Waals surface area contributed by atoms with E-state index in [0.29, 0.717) is 11.4 Å². The fourth-order valence-corrected chi connectivity index (χ4v) is 3.95. The standard InChI is InChI=1S/C19H17ClN2O/c20-13-6-7-16-14(10-13)15-11-19(18(21)23,9-8-17(15)22-16)12-4-2-1-3-5-12/h1-7,10,22H,8-9,11H2,(H2,21,23). The second-order valence-corrected chi connectivity index (χ2v) is 6.70. The van der Waals surface area contributed by atoms with Gasteiger partial charge in [-0.2, -0.15) is 0 Å². The fraction of sp³-hybridized carbons (Fsp3) is 0.211. The second-order valence-electron chi connectivity index (χ2n) is 6.26. The van der Waals surface area contributed by atoms with Crippen LogP contribution < -0.4 is 5.73 Å². The number of hydrogen-bond donors (Lipinski definition) is 2. The van der Waals surface area contributed by atoms with Crippen LogP contribution in [0.1, 0.15) is 23.2 Å². The third-order valence-electron chi connectivity index (χ3n) is 5.03. The number of primary amides is 1. The molecule has 1 heterocycles. The van der Waals surface area contributed by atoms with E-state index in [1.807, 2.05) is 48.5 Å². The molecular formula is C19H17ClN2O. The molecule has 1 unspecified atom stereocenters. The lowest BCUT2D eigenvalue weighted by Gasteiger charge is -2.35. The van der Waals surface area contributed by atoms with Crippen molar-refractivity contribution in [2.75, 3.05) is 0 Å². The number of aromatic nitrogens is 1. The molecule has 1 amide bonds. The molecule has 0 saturated heterocycles. The molecular weight excluding hydrogens is 308 g/mol. The number of fused-ring (bicyclic) bond motifs is 3. The predicted octanol–water partition coefficient (Wildman–Crippen LogP) is 3.73. The van der Waals surface area contributed by atoms with Crippen molar-refractivity contribution in [2.24, 2.45) is 5.73 Å². The first-order chi connectivity index (χ1) is 11.1. The normalized spacial score (nSPS) is 20.4. The highest BCUT2D eigenvalue weighted by Gasteiger charge is 2.42. The molecule has 1 aliphatic rings. The Bertz CT molecular complexity index is 900. The topological polar surface area (TPSA) is 58.9 Å². The third kappa shape index (κ3) is 2.15. The van der Waals surface area contributed by atoms with Crippen LogP contribution in [0.5, 0.6) is 0 Å². The van der Waals surface area contributed by atoms with Crippen molar-refractivity contribution in [3.05, 3.63) is 70.4 Å². The van der Waals surface area contributed by atoms with Crippen LogP contribution in [0.4, 0.5) is 0 Å². The van der Waals surface area contributed by atoms with Crippen LogP contribution in [-0.2, 0) is 23.1 Å². The summed E-state index contributed by atoms with van der Waals surface area (Å²) in [6.07, 6.45) is 2.14. The zero-order valence-corrected chi connectivity index (χ0v) is 13.4. The first-order valence-electron chi connectivity index (χ1n) is 7.74. The number of benzene rings is 2. The number of H-pyrrole nitrogens is 1. The van der Waals surface area contributed by atoms with Gasteiger partial charge in [-0.15, -0.1) is 0 Å². The molecule has 0 fully saturated rings. The average molecular weight is 325 g/mol. The summed E-state index contributed by atoms with van der Waals surface area (Å²) in [4.78, 5) is 15.9. The summed E-state index contributed by atoms with van der Waals surface area (Å²) in [5, 5.41) is 1.79.